The molecule has 1 aromatic heterocycles. The lowest BCUT2D eigenvalue weighted by atomic mass is 9.82. The number of rotatable bonds is 5. The highest BCUT2D eigenvalue weighted by atomic mass is 19.3. The molecule has 1 aliphatic carbocycles. The van der Waals surface area contributed by atoms with Crippen molar-refractivity contribution < 1.29 is 13.2 Å². The summed E-state index contributed by atoms with van der Waals surface area (Å²) < 4.78 is 41.4. The fourth-order valence-corrected chi connectivity index (χ4v) is 3.76. The van der Waals surface area contributed by atoms with Crippen LogP contribution in [0.5, 0.6) is 0 Å². The molecule has 0 bridgehead atoms. The number of aromatic amines is 1. The minimum atomic E-state index is -2.62. The Labute approximate surface area is 173 Å². The van der Waals surface area contributed by atoms with Gasteiger partial charge in [-0.05, 0) is 48.6 Å². The quantitative estimate of drug-likeness (QED) is 0.418. The van der Waals surface area contributed by atoms with Crippen molar-refractivity contribution in [2.45, 2.75) is 37.5 Å². The number of aromatic nitrogens is 1. The number of nitrogen functional groups attached to an aromatic ring is 1. The number of H-pyrrole nitrogens is 1. The highest BCUT2D eigenvalue weighted by Gasteiger charge is 2.36. The molecule has 0 atom stereocenters. The van der Waals surface area contributed by atoms with E-state index in [4.69, 9.17) is 5.73 Å². The lowest BCUT2D eigenvalue weighted by molar-refractivity contribution is -0.0384. The molecule has 0 saturated heterocycles. The molecule has 4 N–H and O–H groups in total. The molecule has 0 spiro atoms. The number of anilines is 3. The predicted molar refractivity (Wildman–Crippen MR) is 115 cm³/mol. The van der Waals surface area contributed by atoms with Crippen molar-refractivity contribution in [1.82, 2.24) is 4.98 Å². The molecule has 0 aliphatic heterocycles. The summed E-state index contributed by atoms with van der Waals surface area (Å²) in [6.07, 6.45) is 3.54. The molecule has 1 aliphatic rings. The van der Waals surface area contributed by atoms with Crippen LogP contribution < -0.4 is 11.1 Å². The minimum Gasteiger partial charge on any atom is -0.395 e. The van der Waals surface area contributed by atoms with E-state index in [2.05, 4.69) is 15.3 Å². The van der Waals surface area contributed by atoms with Crippen LogP contribution in [0, 0.1) is 5.82 Å². The van der Waals surface area contributed by atoms with E-state index in [0.29, 0.717) is 41.2 Å². The van der Waals surface area contributed by atoms with Crippen LogP contribution in [0.25, 0.3) is 0 Å². The summed E-state index contributed by atoms with van der Waals surface area (Å²) in [6, 6.07) is 14.3. The molecular weight excluding hydrogens is 389 g/mol. The number of hydrogen-bond acceptors (Lipinski definition) is 3. The number of benzene rings is 2. The molecule has 0 radical (unpaired) electrons. The lowest BCUT2D eigenvalue weighted by Gasteiger charge is -2.28. The van der Waals surface area contributed by atoms with Gasteiger partial charge in [0.15, 0.2) is 0 Å². The van der Waals surface area contributed by atoms with E-state index < -0.39 is 11.7 Å². The third kappa shape index (κ3) is 4.50. The number of alkyl halides is 2. The average Bonchev–Trinajstić information content (AvgIpc) is 3.07. The second-order valence-corrected chi connectivity index (χ2v) is 7.61. The van der Waals surface area contributed by atoms with Crippen molar-refractivity contribution in [2.24, 2.45) is 4.99 Å². The normalized spacial score (nSPS) is 16.8. The maximum Gasteiger partial charge on any atom is 0.248 e. The smallest absolute Gasteiger partial charge is 0.248 e. The Kier molecular flexibility index (Phi) is 5.53. The van der Waals surface area contributed by atoms with E-state index in [-0.39, 0.29) is 18.8 Å². The van der Waals surface area contributed by atoms with Gasteiger partial charge in [0.1, 0.15) is 5.82 Å². The van der Waals surface area contributed by atoms with Crippen LogP contribution >= 0.6 is 0 Å². The fraction of sp³-hybridized carbons (Fsp3) is 0.261. The molecule has 0 amide bonds. The summed E-state index contributed by atoms with van der Waals surface area (Å²) in [4.78, 5) is 7.42. The highest BCUT2D eigenvalue weighted by molar-refractivity contribution is 5.92. The van der Waals surface area contributed by atoms with Crippen LogP contribution in [0.3, 0.4) is 0 Å². The number of nitrogens with two attached hydrogens (primary N) is 1. The molecule has 4 nitrogen and oxygen atoms in total. The van der Waals surface area contributed by atoms with Gasteiger partial charge in [0, 0.05) is 24.7 Å². The third-order valence-corrected chi connectivity index (χ3v) is 5.49. The summed E-state index contributed by atoms with van der Waals surface area (Å²) in [5.74, 6) is -3.19. The Morgan fingerprint density at radius 3 is 2.53 bits per heavy atom. The zero-order chi connectivity index (χ0) is 21.1. The first-order valence-electron chi connectivity index (χ1n) is 9.91. The Balaban J connectivity index is 1.45. The standard InChI is InChI=1S/C23H23F3N4/c24-19-12-17(6-7-18(19)15-8-10-23(25,26)11-9-15)30-21-14-29-20(22(21)27)13-28-16-4-2-1-3-5-16/h1-7,12-15,29-30H,8-11,27H2. The molecule has 0 unspecified atom stereocenters. The molecule has 3 aromatic rings. The zero-order valence-corrected chi connectivity index (χ0v) is 16.3. The van der Waals surface area contributed by atoms with Gasteiger partial charge < -0.3 is 16.0 Å². The number of para-hydroxylation sites is 1. The van der Waals surface area contributed by atoms with Crippen LogP contribution in [0.2, 0.25) is 0 Å². The number of halogens is 3. The van der Waals surface area contributed by atoms with Gasteiger partial charge in [-0.2, -0.15) is 0 Å². The first-order chi connectivity index (χ1) is 14.4. The van der Waals surface area contributed by atoms with Crippen LogP contribution in [0.4, 0.5) is 35.9 Å². The molecule has 1 saturated carbocycles. The van der Waals surface area contributed by atoms with Gasteiger partial charge in [-0.1, -0.05) is 24.3 Å². The summed E-state index contributed by atoms with van der Waals surface area (Å²) in [7, 11) is 0. The second-order valence-electron chi connectivity index (χ2n) is 7.61. The van der Waals surface area contributed by atoms with E-state index in [1.54, 1.807) is 24.5 Å². The van der Waals surface area contributed by atoms with Gasteiger partial charge in [0.25, 0.3) is 0 Å². The van der Waals surface area contributed by atoms with E-state index in [9.17, 15) is 13.2 Å². The molecule has 1 fully saturated rings. The van der Waals surface area contributed by atoms with E-state index in [1.165, 1.54) is 6.07 Å². The molecule has 7 heteroatoms. The highest BCUT2D eigenvalue weighted by Crippen LogP contribution is 2.42. The van der Waals surface area contributed by atoms with Crippen molar-refractivity contribution in [1.29, 1.82) is 0 Å². The Bertz CT molecular complexity index is 1030. The van der Waals surface area contributed by atoms with Gasteiger partial charge in [-0.15, -0.1) is 0 Å². The van der Waals surface area contributed by atoms with Gasteiger partial charge in [0.05, 0.1) is 29.0 Å². The summed E-state index contributed by atoms with van der Waals surface area (Å²) in [5.41, 5.74) is 9.72. The lowest BCUT2D eigenvalue weighted by Crippen LogP contribution is -2.24. The van der Waals surface area contributed by atoms with Crippen molar-refractivity contribution >= 4 is 29.0 Å². The topological polar surface area (TPSA) is 66.2 Å². The summed E-state index contributed by atoms with van der Waals surface area (Å²) >= 11 is 0. The van der Waals surface area contributed by atoms with Gasteiger partial charge in [-0.25, -0.2) is 13.2 Å². The Morgan fingerprint density at radius 2 is 1.83 bits per heavy atom. The van der Waals surface area contributed by atoms with Crippen molar-refractivity contribution in [2.75, 3.05) is 11.1 Å². The maximum absolute atomic E-state index is 14.7. The van der Waals surface area contributed by atoms with Crippen molar-refractivity contribution in [3.63, 3.8) is 0 Å². The van der Waals surface area contributed by atoms with Crippen LogP contribution in [0.1, 0.15) is 42.9 Å². The second kappa shape index (κ2) is 8.26. The van der Waals surface area contributed by atoms with E-state index >= 15 is 0 Å². The third-order valence-electron chi connectivity index (χ3n) is 5.49. The summed E-state index contributed by atoms with van der Waals surface area (Å²) in [5, 5.41) is 3.10. The molecular formula is C23H23F3N4. The molecule has 2 aromatic carbocycles. The van der Waals surface area contributed by atoms with Gasteiger partial charge >= 0.3 is 0 Å². The van der Waals surface area contributed by atoms with E-state index in [1.807, 2.05) is 30.3 Å². The Hall–Kier alpha value is -3.22. The number of nitrogens with one attached hydrogen (secondary N) is 2. The maximum atomic E-state index is 14.7. The average molecular weight is 412 g/mol. The Morgan fingerprint density at radius 1 is 1.10 bits per heavy atom. The SMILES string of the molecule is Nc1c(Nc2ccc(C3CCC(F)(F)CC3)c(F)c2)c[nH]c1C=Nc1ccccc1. The molecule has 1 heterocycles. The van der Waals surface area contributed by atoms with Gasteiger partial charge in [0.2, 0.25) is 5.92 Å². The monoisotopic (exact) mass is 412 g/mol. The fourth-order valence-electron chi connectivity index (χ4n) is 3.76. The van der Waals surface area contributed by atoms with Crippen molar-refractivity contribution in [3.05, 3.63) is 71.8 Å². The van der Waals surface area contributed by atoms with Crippen molar-refractivity contribution in [3.8, 4) is 0 Å². The number of hydrogen-bond donors (Lipinski definition) is 3. The number of nitrogens with zero attached hydrogens (tertiary/aromatic N) is 1. The van der Waals surface area contributed by atoms with Gasteiger partial charge in [-0.3, -0.25) is 4.99 Å². The van der Waals surface area contributed by atoms with Crippen LogP contribution in [0.15, 0.2) is 59.7 Å². The predicted octanol–water partition coefficient (Wildman–Crippen LogP) is 6.52. The molecule has 156 valence electrons. The minimum absolute atomic E-state index is 0.170. The first-order valence-corrected chi connectivity index (χ1v) is 9.91. The molecule has 4 rings (SSSR count). The number of aliphatic imine (C=N–C) groups is 1. The molecule has 30 heavy (non-hydrogen) atoms. The van der Waals surface area contributed by atoms with Crippen LogP contribution in [-0.4, -0.2) is 17.1 Å². The summed E-state index contributed by atoms with van der Waals surface area (Å²) in [6.45, 7) is 0. The first kappa shape index (κ1) is 20.1. The largest absolute Gasteiger partial charge is 0.395 e. The van der Waals surface area contributed by atoms with Crippen LogP contribution in [-0.2, 0) is 0 Å². The zero-order valence-electron chi connectivity index (χ0n) is 16.3. The van der Waals surface area contributed by atoms with E-state index in [0.717, 1.165) is 5.69 Å².